The molecule has 1 heterocycles. The van der Waals surface area contributed by atoms with Crippen molar-refractivity contribution in [2.24, 2.45) is 0 Å². The molecule has 0 saturated carbocycles. The van der Waals surface area contributed by atoms with Crippen molar-refractivity contribution >= 4 is 49.3 Å². The van der Waals surface area contributed by atoms with Crippen LogP contribution in [0.5, 0.6) is 0 Å². The normalized spacial score (nSPS) is 19.2. The van der Waals surface area contributed by atoms with Gasteiger partial charge in [0.1, 0.15) is 0 Å². The molecule has 0 atom stereocenters. The predicted octanol–water partition coefficient (Wildman–Crippen LogP) is 7.09. The Morgan fingerprint density at radius 3 is 2.17 bits per heavy atom. The van der Waals surface area contributed by atoms with Crippen LogP contribution in [-0.2, 0) is 10.8 Å². The molecule has 0 unspecified atom stereocenters. The highest BCUT2D eigenvalue weighted by Gasteiger charge is 2.37. The summed E-state index contributed by atoms with van der Waals surface area (Å²) in [6.07, 6.45) is 2.46. The SMILES string of the molecule is CC1(C)CCC(C)(C)c2cc3c(cc21)[nH]c1cc(Cl)cc(Br)c13. The molecule has 1 N–H and O–H groups in total. The van der Waals surface area contributed by atoms with E-state index in [4.69, 9.17) is 11.6 Å². The van der Waals surface area contributed by atoms with E-state index in [9.17, 15) is 0 Å². The number of aromatic amines is 1. The Kier molecular flexibility index (Phi) is 3.22. The van der Waals surface area contributed by atoms with E-state index in [1.165, 1.54) is 40.3 Å². The standard InChI is InChI=1S/C20H21BrClN/c1-19(2)5-6-20(3,4)14-10-16-12(9-13(14)19)18-15(21)7-11(22)8-17(18)23-16/h7-10,23H,5-6H2,1-4H3. The van der Waals surface area contributed by atoms with Crippen LogP contribution in [0, 0.1) is 0 Å². The number of halogens is 2. The molecule has 0 amide bonds. The minimum absolute atomic E-state index is 0.224. The van der Waals surface area contributed by atoms with Crippen LogP contribution in [0.2, 0.25) is 5.02 Å². The van der Waals surface area contributed by atoms with Gasteiger partial charge >= 0.3 is 0 Å². The molecule has 0 fully saturated rings. The maximum Gasteiger partial charge on any atom is 0.0491 e. The van der Waals surface area contributed by atoms with Gasteiger partial charge in [-0.2, -0.15) is 0 Å². The second-order valence-electron chi connectivity index (χ2n) is 8.15. The summed E-state index contributed by atoms with van der Waals surface area (Å²) < 4.78 is 1.05. The van der Waals surface area contributed by atoms with Gasteiger partial charge in [0, 0.05) is 31.3 Å². The second kappa shape index (κ2) is 4.77. The van der Waals surface area contributed by atoms with Crippen LogP contribution in [0.15, 0.2) is 28.7 Å². The van der Waals surface area contributed by atoms with Crippen LogP contribution in [0.3, 0.4) is 0 Å². The summed E-state index contributed by atoms with van der Waals surface area (Å²) in [5.41, 5.74) is 5.72. The van der Waals surface area contributed by atoms with Crippen LogP contribution in [0.25, 0.3) is 21.8 Å². The summed E-state index contributed by atoms with van der Waals surface area (Å²) in [5, 5.41) is 3.26. The van der Waals surface area contributed by atoms with Gasteiger partial charge in [-0.15, -0.1) is 0 Å². The molecule has 4 rings (SSSR count). The Balaban J connectivity index is 2.14. The summed E-state index contributed by atoms with van der Waals surface area (Å²) in [6, 6.07) is 8.76. The number of rotatable bonds is 0. The lowest BCUT2D eigenvalue weighted by Gasteiger charge is -2.41. The monoisotopic (exact) mass is 389 g/mol. The van der Waals surface area contributed by atoms with Crippen molar-refractivity contribution in [1.82, 2.24) is 4.98 Å². The summed E-state index contributed by atoms with van der Waals surface area (Å²) in [7, 11) is 0. The highest BCUT2D eigenvalue weighted by Crippen LogP contribution is 2.48. The fourth-order valence-corrected chi connectivity index (χ4v) is 5.04. The molecule has 1 aromatic heterocycles. The van der Waals surface area contributed by atoms with Crippen molar-refractivity contribution in [3.05, 3.63) is 44.9 Å². The van der Waals surface area contributed by atoms with Gasteiger partial charge in [-0.25, -0.2) is 0 Å². The van der Waals surface area contributed by atoms with E-state index in [0.29, 0.717) is 0 Å². The lowest BCUT2D eigenvalue weighted by atomic mass is 9.63. The summed E-state index contributed by atoms with van der Waals surface area (Å²) >= 11 is 9.91. The lowest BCUT2D eigenvalue weighted by molar-refractivity contribution is 0.332. The minimum Gasteiger partial charge on any atom is -0.354 e. The van der Waals surface area contributed by atoms with Gasteiger partial charge in [0.15, 0.2) is 0 Å². The maximum absolute atomic E-state index is 6.22. The Morgan fingerprint density at radius 2 is 1.52 bits per heavy atom. The molecule has 23 heavy (non-hydrogen) atoms. The second-order valence-corrected chi connectivity index (χ2v) is 9.44. The fraction of sp³-hybridized carbons (Fsp3) is 0.400. The summed E-state index contributed by atoms with van der Waals surface area (Å²) in [5.74, 6) is 0. The average molecular weight is 391 g/mol. The first kappa shape index (κ1) is 15.5. The number of H-pyrrole nitrogens is 1. The molecular weight excluding hydrogens is 370 g/mol. The Hall–Kier alpha value is -0.990. The van der Waals surface area contributed by atoms with Gasteiger partial charge < -0.3 is 4.98 Å². The van der Waals surface area contributed by atoms with Gasteiger partial charge in [-0.3, -0.25) is 0 Å². The summed E-state index contributed by atoms with van der Waals surface area (Å²) in [6.45, 7) is 9.46. The van der Waals surface area contributed by atoms with Gasteiger partial charge in [0.25, 0.3) is 0 Å². The predicted molar refractivity (Wildman–Crippen MR) is 104 cm³/mol. The first-order valence-electron chi connectivity index (χ1n) is 8.14. The van der Waals surface area contributed by atoms with E-state index in [1.54, 1.807) is 0 Å². The third-order valence-electron chi connectivity index (χ3n) is 5.58. The van der Waals surface area contributed by atoms with Crippen LogP contribution >= 0.6 is 27.5 Å². The molecule has 0 bridgehead atoms. The highest BCUT2D eigenvalue weighted by atomic mass is 79.9. The quantitative estimate of drug-likeness (QED) is 0.422. The molecular formula is C20H21BrClN. The molecule has 1 nitrogen and oxygen atoms in total. The van der Waals surface area contributed by atoms with Gasteiger partial charge in [-0.05, 0) is 59.1 Å². The van der Waals surface area contributed by atoms with E-state index in [0.717, 1.165) is 15.0 Å². The molecule has 120 valence electrons. The first-order chi connectivity index (χ1) is 10.7. The number of hydrogen-bond donors (Lipinski definition) is 1. The van der Waals surface area contributed by atoms with Crippen LogP contribution < -0.4 is 0 Å². The third-order valence-corrected chi connectivity index (χ3v) is 6.43. The third kappa shape index (κ3) is 2.26. The van der Waals surface area contributed by atoms with Gasteiger partial charge in [-0.1, -0.05) is 55.2 Å². The Labute approximate surface area is 150 Å². The zero-order chi connectivity index (χ0) is 16.6. The molecule has 3 aromatic rings. The minimum atomic E-state index is 0.224. The zero-order valence-electron chi connectivity index (χ0n) is 14.0. The lowest BCUT2D eigenvalue weighted by Crippen LogP contribution is -2.33. The van der Waals surface area contributed by atoms with Gasteiger partial charge in [0.05, 0.1) is 0 Å². The number of hydrogen-bond acceptors (Lipinski definition) is 0. The van der Waals surface area contributed by atoms with Crippen LogP contribution in [-0.4, -0.2) is 4.98 Å². The Morgan fingerprint density at radius 1 is 0.913 bits per heavy atom. The fourth-order valence-electron chi connectivity index (χ4n) is 4.02. The van der Waals surface area contributed by atoms with E-state index >= 15 is 0 Å². The van der Waals surface area contributed by atoms with E-state index < -0.39 is 0 Å². The average Bonchev–Trinajstić information content (AvgIpc) is 2.80. The van der Waals surface area contributed by atoms with Crippen molar-refractivity contribution in [1.29, 1.82) is 0 Å². The molecule has 0 radical (unpaired) electrons. The van der Waals surface area contributed by atoms with Gasteiger partial charge in [0.2, 0.25) is 0 Å². The number of nitrogens with one attached hydrogen (secondary N) is 1. The smallest absolute Gasteiger partial charge is 0.0491 e. The molecule has 2 aromatic carbocycles. The van der Waals surface area contributed by atoms with E-state index in [1.807, 2.05) is 12.1 Å². The maximum atomic E-state index is 6.22. The van der Waals surface area contributed by atoms with E-state index in [-0.39, 0.29) is 10.8 Å². The molecule has 0 spiro atoms. The largest absolute Gasteiger partial charge is 0.354 e. The van der Waals surface area contributed by atoms with Crippen molar-refractivity contribution in [3.8, 4) is 0 Å². The van der Waals surface area contributed by atoms with Crippen molar-refractivity contribution in [3.63, 3.8) is 0 Å². The summed E-state index contributed by atoms with van der Waals surface area (Å²) in [4.78, 5) is 3.56. The van der Waals surface area contributed by atoms with E-state index in [2.05, 4.69) is 60.7 Å². The topological polar surface area (TPSA) is 15.8 Å². The number of fused-ring (bicyclic) bond motifs is 4. The Bertz CT molecular complexity index is 949. The molecule has 1 aliphatic carbocycles. The van der Waals surface area contributed by atoms with Crippen LogP contribution in [0.1, 0.15) is 51.7 Å². The van der Waals surface area contributed by atoms with Crippen LogP contribution in [0.4, 0.5) is 0 Å². The zero-order valence-corrected chi connectivity index (χ0v) is 16.3. The number of benzene rings is 2. The van der Waals surface area contributed by atoms with Crippen molar-refractivity contribution in [2.45, 2.75) is 51.4 Å². The number of aromatic nitrogens is 1. The molecule has 0 aliphatic heterocycles. The molecule has 3 heteroatoms. The van der Waals surface area contributed by atoms with Crippen molar-refractivity contribution < 1.29 is 0 Å². The molecule has 1 aliphatic rings. The highest BCUT2D eigenvalue weighted by molar-refractivity contribution is 9.10. The molecule has 0 saturated heterocycles. The first-order valence-corrected chi connectivity index (χ1v) is 9.32. The van der Waals surface area contributed by atoms with Crippen molar-refractivity contribution in [2.75, 3.05) is 0 Å².